The van der Waals surface area contributed by atoms with Gasteiger partial charge in [0.05, 0.1) is 12.7 Å². The summed E-state index contributed by atoms with van der Waals surface area (Å²) in [6.45, 7) is 0.311. The average molecular weight is 368 g/mol. The lowest BCUT2D eigenvalue weighted by Crippen LogP contribution is -2.28. The normalized spacial score (nSPS) is 13.6. The summed E-state index contributed by atoms with van der Waals surface area (Å²) in [6, 6.07) is 4.83. The number of hydrogen-bond donors (Lipinski definition) is 4. The van der Waals surface area contributed by atoms with Gasteiger partial charge in [0.2, 0.25) is 5.88 Å². The number of amides is 2. The fourth-order valence-corrected chi connectivity index (χ4v) is 2.71. The van der Waals surface area contributed by atoms with E-state index in [-0.39, 0.29) is 30.5 Å². The Morgan fingerprint density at radius 3 is 2.96 bits per heavy atom. The van der Waals surface area contributed by atoms with Crippen LogP contribution in [-0.2, 0) is 0 Å². The lowest BCUT2D eigenvalue weighted by molar-refractivity contribution is 0.0943. The van der Waals surface area contributed by atoms with Crippen LogP contribution in [0.4, 0.5) is 17.5 Å². The van der Waals surface area contributed by atoms with Crippen molar-refractivity contribution in [1.82, 2.24) is 24.9 Å². The molecule has 0 unspecified atom stereocenters. The summed E-state index contributed by atoms with van der Waals surface area (Å²) in [6.07, 6.45) is 1.45. The number of fused-ring (bicyclic) bond motifs is 3. The highest BCUT2D eigenvalue weighted by molar-refractivity contribution is 6.00. The van der Waals surface area contributed by atoms with Crippen LogP contribution in [0.25, 0.3) is 5.65 Å². The van der Waals surface area contributed by atoms with Gasteiger partial charge in [-0.25, -0.2) is 4.98 Å². The van der Waals surface area contributed by atoms with E-state index >= 15 is 0 Å². The summed E-state index contributed by atoms with van der Waals surface area (Å²) in [5.41, 5.74) is 6.23. The van der Waals surface area contributed by atoms with Gasteiger partial charge in [-0.3, -0.25) is 9.59 Å². The number of carbonyl (C=O) groups excluding carboxylic acids is 2. The zero-order valence-electron chi connectivity index (χ0n) is 14.3. The molecule has 4 bridgehead atoms. The van der Waals surface area contributed by atoms with Crippen LogP contribution < -0.4 is 26.4 Å². The number of aromatic nitrogens is 4. The highest BCUT2D eigenvalue weighted by atomic mass is 16.5. The number of nitrogens with two attached hydrogens (primary N) is 1. The minimum Gasteiger partial charge on any atom is -0.475 e. The summed E-state index contributed by atoms with van der Waals surface area (Å²) in [4.78, 5) is 32.8. The van der Waals surface area contributed by atoms with Crippen LogP contribution in [0.1, 0.15) is 20.7 Å². The van der Waals surface area contributed by atoms with E-state index < -0.39 is 5.91 Å². The van der Waals surface area contributed by atoms with E-state index in [9.17, 15) is 9.59 Å². The average Bonchev–Trinajstić information content (AvgIpc) is 3.07. The van der Waals surface area contributed by atoms with E-state index in [4.69, 9.17) is 10.5 Å². The van der Waals surface area contributed by atoms with E-state index in [2.05, 4.69) is 31.0 Å². The molecule has 11 heteroatoms. The molecule has 0 atom stereocenters. The molecule has 3 aromatic heterocycles. The Bertz CT molecular complexity index is 1060. The van der Waals surface area contributed by atoms with Gasteiger partial charge in [0, 0.05) is 13.1 Å². The maximum Gasteiger partial charge on any atom is 0.256 e. The Balaban J connectivity index is 1.86. The molecule has 27 heavy (non-hydrogen) atoms. The first kappa shape index (κ1) is 16.6. The summed E-state index contributed by atoms with van der Waals surface area (Å²) in [7, 11) is 1.74. The van der Waals surface area contributed by atoms with Crippen molar-refractivity contribution < 1.29 is 14.3 Å². The van der Waals surface area contributed by atoms with E-state index in [1.54, 1.807) is 19.2 Å². The molecule has 1 aliphatic rings. The highest BCUT2D eigenvalue weighted by Gasteiger charge is 2.19. The van der Waals surface area contributed by atoms with Crippen molar-refractivity contribution >= 4 is 34.9 Å². The summed E-state index contributed by atoms with van der Waals surface area (Å²) < 4.78 is 7.07. The first-order chi connectivity index (χ1) is 13.1. The number of anilines is 3. The molecule has 0 fully saturated rings. The smallest absolute Gasteiger partial charge is 0.256 e. The number of primary amides is 1. The molecule has 11 nitrogen and oxygen atoms in total. The molecule has 3 aromatic rings. The Morgan fingerprint density at radius 1 is 1.33 bits per heavy atom. The second kappa shape index (κ2) is 6.44. The standard InChI is InChI=1S/C16H16N8O3/c1-18-12-6-11-21-10-3-2-8(13(17)25)16(23-10)27-5-4-19-15(26)9-7-20-24(12)14(9)22-11/h2-3,6-7,18H,4-5H2,1H3,(H2,17,25)(H,19,26)(H,21,22,23). The molecule has 4 heterocycles. The van der Waals surface area contributed by atoms with Crippen LogP contribution in [0.5, 0.6) is 5.88 Å². The Hall–Kier alpha value is -3.89. The molecular weight excluding hydrogens is 352 g/mol. The fourth-order valence-electron chi connectivity index (χ4n) is 2.71. The van der Waals surface area contributed by atoms with Gasteiger partial charge in [-0.1, -0.05) is 0 Å². The number of rotatable bonds is 2. The van der Waals surface area contributed by atoms with Crippen LogP contribution in [0.3, 0.4) is 0 Å². The van der Waals surface area contributed by atoms with E-state index in [1.807, 2.05) is 0 Å². The number of hydrogen-bond acceptors (Lipinski definition) is 8. The number of carbonyl (C=O) groups is 2. The number of nitrogens with zero attached hydrogens (tertiary/aromatic N) is 4. The fraction of sp³-hybridized carbons (Fsp3) is 0.188. The van der Waals surface area contributed by atoms with Crippen molar-refractivity contribution in [2.45, 2.75) is 0 Å². The predicted octanol–water partition coefficient (Wildman–Crippen LogP) is 0.131. The lowest BCUT2D eigenvalue weighted by Gasteiger charge is -2.12. The van der Waals surface area contributed by atoms with Crippen molar-refractivity contribution in [3.05, 3.63) is 35.5 Å². The van der Waals surface area contributed by atoms with Gasteiger partial charge in [-0.2, -0.15) is 14.6 Å². The maximum atomic E-state index is 12.5. The molecule has 4 rings (SSSR count). The zero-order chi connectivity index (χ0) is 19.0. The summed E-state index contributed by atoms with van der Waals surface area (Å²) >= 11 is 0. The van der Waals surface area contributed by atoms with Gasteiger partial charge in [0.1, 0.15) is 35.2 Å². The molecule has 0 saturated heterocycles. The summed E-state index contributed by atoms with van der Waals surface area (Å²) in [5, 5.41) is 13.0. The Kier molecular flexibility index (Phi) is 3.95. The molecule has 2 amide bonds. The Morgan fingerprint density at radius 2 is 2.19 bits per heavy atom. The highest BCUT2D eigenvalue weighted by Crippen LogP contribution is 2.24. The predicted molar refractivity (Wildman–Crippen MR) is 96.4 cm³/mol. The number of pyridine rings is 1. The molecule has 1 aliphatic heterocycles. The third kappa shape index (κ3) is 2.94. The molecule has 0 saturated carbocycles. The van der Waals surface area contributed by atoms with Gasteiger partial charge < -0.3 is 26.4 Å². The van der Waals surface area contributed by atoms with Crippen molar-refractivity contribution in [2.24, 2.45) is 5.73 Å². The monoisotopic (exact) mass is 368 g/mol. The molecule has 138 valence electrons. The van der Waals surface area contributed by atoms with Crippen molar-refractivity contribution in [3.63, 3.8) is 0 Å². The molecular formula is C16H16N8O3. The van der Waals surface area contributed by atoms with Gasteiger partial charge in [-0.05, 0) is 12.1 Å². The second-order valence-corrected chi connectivity index (χ2v) is 5.71. The molecule has 0 aliphatic carbocycles. The molecule has 5 N–H and O–H groups in total. The van der Waals surface area contributed by atoms with Crippen LogP contribution in [0.15, 0.2) is 24.4 Å². The zero-order valence-corrected chi connectivity index (χ0v) is 14.3. The van der Waals surface area contributed by atoms with Crippen molar-refractivity contribution in [1.29, 1.82) is 0 Å². The maximum absolute atomic E-state index is 12.5. The SMILES string of the molecule is CNc1cc2nc3c(cnn13)C(=O)NCCOc1nc(ccc1C(N)=O)N2. The van der Waals surface area contributed by atoms with E-state index in [1.165, 1.54) is 16.8 Å². The Labute approximate surface area is 152 Å². The van der Waals surface area contributed by atoms with Crippen molar-refractivity contribution in [2.75, 3.05) is 30.8 Å². The topological polar surface area (TPSA) is 149 Å². The van der Waals surface area contributed by atoms with Gasteiger partial charge >= 0.3 is 0 Å². The van der Waals surface area contributed by atoms with Crippen LogP contribution in [-0.4, -0.2) is 51.6 Å². The van der Waals surface area contributed by atoms with Crippen LogP contribution in [0.2, 0.25) is 0 Å². The van der Waals surface area contributed by atoms with Crippen molar-refractivity contribution in [3.8, 4) is 5.88 Å². The minimum atomic E-state index is -0.655. The molecule has 0 spiro atoms. The van der Waals surface area contributed by atoms with Crippen LogP contribution >= 0.6 is 0 Å². The number of nitrogens with one attached hydrogen (secondary N) is 3. The minimum absolute atomic E-state index is 0.0823. The third-order valence-electron chi connectivity index (χ3n) is 3.98. The van der Waals surface area contributed by atoms with Gasteiger partial charge in [0.25, 0.3) is 11.8 Å². The van der Waals surface area contributed by atoms with Gasteiger partial charge in [0.15, 0.2) is 5.65 Å². The quantitative estimate of drug-likeness (QED) is 0.499. The largest absolute Gasteiger partial charge is 0.475 e. The first-order valence-corrected chi connectivity index (χ1v) is 8.12. The molecule has 0 radical (unpaired) electrons. The third-order valence-corrected chi connectivity index (χ3v) is 3.98. The molecule has 0 aromatic carbocycles. The van der Waals surface area contributed by atoms with E-state index in [0.29, 0.717) is 28.7 Å². The lowest BCUT2D eigenvalue weighted by atomic mass is 10.2. The first-order valence-electron chi connectivity index (χ1n) is 8.12. The summed E-state index contributed by atoms with van der Waals surface area (Å²) in [5.74, 6) is 0.562. The van der Waals surface area contributed by atoms with Crippen LogP contribution in [0, 0.1) is 0 Å². The van der Waals surface area contributed by atoms with Gasteiger partial charge in [-0.15, -0.1) is 0 Å². The number of ether oxygens (including phenoxy) is 1. The van der Waals surface area contributed by atoms with E-state index in [0.717, 1.165) is 0 Å². The second-order valence-electron chi connectivity index (χ2n) is 5.71.